The summed E-state index contributed by atoms with van der Waals surface area (Å²) in [5, 5.41) is 4.65. The average molecular weight is 432 g/mol. The lowest BCUT2D eigenvalue weighted by Gasteiger charge is -2.36. The summed E-state index contributed by atoms with van der Waals surface area (Å²) in [6.07, 6.45) is 0. The van der Waals surface area contributed by atoms with Crippen LogP contribution in [0.4, 0.5) is 13.6 Å². The summed E-state index contributed by atoms with van der Waals surface area (Å²) in [4.78, 5) is 25.8. The van der Waals surface area contributed by atoms with Gasteiger partial charge in [0.15, 0.2) is 0 Å². The lowest BCUT2D eigenvalue weighted by atomic mass is 9.94. The van der Waals surface area contributed by atoms with Gasteiger partial charge in [0.1, 0.15) is 23.4 Å². The van der Waals surface area contributed by atoms with Crippen LogP contribution < -0.4 is 11.5 Å². The largest absolute Gasteiger partial charge is 0.365 e. The molecule has 4 rings (SSSR count). The summed E-state index contributed by atoms with van der Waals surface area (Å²) >= 11 is 6.05. The highest BCUT2D eigenvalue weighted by molar-refractivity contribution is 6.30. The zero-order valence-electron chi connectivity index (χ0n) is 15.5. The fourth-order valence-corrected chi connectivity index (χ4v) is 3.94. The fourth-order valence-electron chi connectivity index (χ4n) is 3.76. The number of hydrogen-bond acceptors (Lipinski definition) is 3. The van der Waals surface area contributed by atoms with Crippen LogP contribution in [0.5, 0.6) is 0 Å². The summed E-state index contributed by atoms with van der Waals surface area (Å²) < 4.78 is 30.0. The Bertz CT molecular complexity index is 1180. The Labute approximate surface area is 174 Å². The first-order chi connectivity index (χ1) is 14.3. The van der Waals surface area contributed by atoms with E-state index in [9.17, 15) is 18.4 Å². The second-order valence-corrected chi connectivity index (χ2v) is 7.24. The SMILES string of the molecule is NC(=O)c1c(-c2cccc(F)c2)nn2c1C(c1cc(Cl)ccc1F)N(C(N)=O)CC2. The van der Waals surface area contributed by atoms with Crippen molar-refractivity contribution in [3.05, 3.63) is 75.9 Å². The maximum Gasteiger partial charge on any atom is 0.315 e. The van der Waals surface area contributed by atoms with Gasteiger partial charge in [-0.25, -0.2) is 13.6 Å². The van der Waals surface area contributed by atoms with Gasteiger partial charge in [-0.05, 0) is 30.3 Å². The zero-order valence-corrected chi connectivity index (χ0v) is 16.2. The van der Waals surface area contributed by atoms with E-state index < -0.39 is 29.6 Å². The van der Waals surface area contributed by atoms with E-state index in [1.807, 2.05) is 0 Å². The topological polar surface area (TPSA) is 107 Å². The van der Waals surface area contributed by atoms with Crippen molar-refractivity contribution in [2.24, 2.45) is 11.5 Å². The molecule has 1 unspecified atom stereocenters. The first kappa shape index (κ1) is 19.8. The van der Waals surface area contributed by atoms with Crippen LogP contribution in [0.25, 0.3) is 11.3 Å². The number of aromatic nitrogens is 2. The molecule has 0 saturated heterocycles. The summed E-state index contributed by atoms with van der Waals surface area (Å²) in [5.74, 6) is -2.02. The van der Waals surface area contributed by atoms with Crippen molar-refractivity contribution >= 4 is 23.5 Å². The molecule has 3 amide bonds. The molecule has 10 heteroatoms. The molecule has 2 aromatic carbocycles. The van der Waals surface area contributed by atoms with E-state index in [1.54, 1.807) is 6.07 Å². The van der Waals surface area contributed by atoms with E-state index >= 15 is 0 Å². The maximum atomic E-state index is 14.8. The molecule has 0 spiro atoms. The molecule has 0 saturated carbocycles. The third-order valence-corrected chi connectivity index (χ3v) is 5.23. The number of primary amides is 2. The van der Waals surface area contributed by atoms with Crippen molar-refractivity contribution in [1.82, 2.24) is 14.7 Å². The number of nitrogens with zero attached hydrogens (tertiary/aromatic N) is 3. The van der Waals surface area contributed by atoms with Gasteiger partial charge < -0.3 is 16.4 Å². The number of carbonyl (C=O) groups excluding carboxylic acids is 2. The third kappa shape index (κ3) is 3.26. The quantitative estimate of drug-likeness (QED) is 0.665. The van der Waals surface area contributed by atoms with E-state index in [1.165, 1.54) is 39.9 Å². The van der Waals surface area contributed by atoms with Gasteiger partial charge >= 0.3 is 6.03 Å². The Hall–Kier alpha value is -3.46. The van der Waals surface area contributed by atoms with E-state index in [2.05, 4.69) is 5.10 Å². The van der Waals surface area contributed by atoms with Crippen LogP contribution in [0.3, 0.4) is 0 Å². The Balaban J connectivity index is 2.02. The predicted octanol–water partition coefficient (Wildman–Crippen LogP) is 3.06. The van der Waals surface area contributed by atoms with Crippen LogP contribution in [0.2, 0.25) is 5.02 Å². The molecule has 1 aromatic heterocycles. The first-order valence-corrected chi connectivity index (χ1v) is 9.33. The molecule has 1 atom stereocenters. The van der Waals surface area contributed by atoms with Gasteiger partial charge in [0.2, 0.25) is 0 Å². The van der Waals surface area contributed by atoms with Gasteiger partial charge in [-0.1, -0.05) is 23.7 Å². The molecule has 154 valence electrons. The number of rotatable bonds is 3. The summed E-state index contributed by atoms with van der Waals surface area (Å²) in [6, 6.07) is 7.48. The Morgan fingerprint density at radius 1 is 1.10 bits per heavy atom. The van der Waals surface area contributed by atoms with Crippen molar-refractivity contribution in [2.75, 3.05) is 6.54 Å². The zero-order chi connectivity index (χ0) is 21.6. The number of nitrogens with two attached hydrogens (primary N) is 2. The molecule has 2 heterocycles. The molecule has 0 bridgehead atoms. The number of benzene rings is 2. The van der Waals surface area contributed by atoms with Crippen LogP contribution >= 0.6 is 11.6 Å². The lowest BCUT2D eigenvalue weighted by Crippen LogP contribution is -2.46. The van der Waals surface area contributed by atoms with Crippen molar-refractivity contribution in [2.45, 2.75) is 12.6 Å². The summed E-state index contributed by atoms with van der Waals surface area (Å²) in [6.45, 7) is 0.300. The molecule has 1 aliphatic rings. The third-order valence-electron chi connectivity index (χ3n) is 5.00. The average Bonchev–Trinajstić information content (AvgIpc) is 3.09. The van der Waals surface area contributed by atoms with Gasteiger partial charge in [0, 0.05) is 22.7 Å². The minimum absolute atomic E-state index is 0.0374. The van der Waals surface area contributed by atoms with E-state index in [0.29, 0.717) is 5.56 Å². The van der Waals surface area contributed by atoms with Gasteiger partial charge in [-0.15, -0.1) is 0 Å². The van der Waals surface area contributed by atoms with Crippen LogP contribution in [-0.4, -0.2) is 33.2 Å². The van der Waals surface area contributed by atoms with Gasteiger partial charge in [0.25, 0.3) is 5.91 Å². The molecule has 4 N–H and O–H groups in total. The van der Waals surface area contributed by atoms with E-state index in [-0.39, 0.29) is 40.6 Å². The van der Waals surface area contributed by atoms with Crippen LogP contribution in [0, 0.1) is 11.6 Å². The molecule has 0 aliphatic carbocycles. The molecular formula is C20H16ClF2N5O2. The van der Waals surface area contributed by atoms with Crippen LogP contribution in [-0.2, 0) is 6.54 Å². The fraction of sp³-hybridized carbons (Fsp3) is 0.150. The molecule has 7 nitrogen and oxygen atoms in total. The standard InChI is InChI=1S/C20H16ClF2N5O2/c21-11-4-5-14(23)13(9-11)17-18-15(19(24)29)16(10-2-1-3-12(22)8-10)26-28(18)7-6-27(17)20(25)30/h1-5,8-9,17H,6-7H2,(H2,24,29)(H2,25,30). The summed E-state index contributed by atoms with van der Waals surface area (Å²) in [5.41, 5.74) is 11.8. The second kappa shape index (κ2) is 7.42. The van der Waals surface area contributed by atoms with E-state index in [0.717, 1.165) is 6.07 Å². The molecule has 0 radical (unpaired) electrons. The van der Waals surface area contributed by atoms with Crippen LogP contribution in [0.1, 0.15) is 27.7 Å². The van der Waals surface area contributed by atoms with Gasteiger partial charge in [-0.3, -0.25) is 9.48 Å². The molecule has 30 heavy (non-hydrogen) atoms. The maximum absolute atomic E-state index is 14.8. The molecule has 1 aliphatic heterocycles. The monoisotopic (exact) mass is 431 g/mol. The molecular weight excluding hydrogens is 416 g/mol. The number of hydrogen-bond donors (Lipinski definition) is 2. The van der Waals surface area contributed by atoms with Crippen molar-refractivity contribution in [3.63, 3.8) is 0 Å². The number of urea groups is 1. The number of amides is 3. The molecule has 0 fully saturated rings. The Kier molecular flexibility index (Phi) is 4.90. The lowest BCUT2D eigenvalue weighted by molar-refractivity contribution is 0.0995. The van der Waals surface area contributed by atoms with Crippen molar-refractivity contribution in [1.29, 1.82) is 0 Å². The minimum Gasteiger partial charge on any atom is -0.365 e. The first-order valence-electron chi connectivity index (χ1n) is 8.95. The normalized spacial score (nSPS) is 15.7. The summed E-state index contributed by atoms with van der Waals surface area (Å²) in [7, 11) is 0. The number of fused-ring (bicyclic) bond motifs is 1. The van der Waals surface area contributed by atoms with Gasteiger partial charge in [0.05, 0.1) is 17.8 Å². The Morgan fingerprint density at radius 2 is 1.87 bits per heavy atom. The van der Waals surface area contributed by atoms with Crippen molar-refractivity contribution < 1.29 is 18.4 Å². The van der Waals surface area contributed by atoms with Crippen LogP contribution in [0.15, 0.2) is 42.5 Å². The predicted molar refractivity (Wildman–Crippen MR) is 106 cm³/mol. The van der Waals surface area contributed by atoms with E-state index in [4.69, 9.17) is 23.1 Å². The highest BCUT2D eigenvalue weighted by Gasteiger charge is 2.39. The number of halogens is 3. The molecule has 3 aromatic rings. The van der Waals surface area contributed by atoms with Crippen molar-refractivity contribution in [3.8, 4) is 11.3 Å². The van der Waals surface area contributed by atoms with Gasteiger partial charge in [-0.2, -0.15) is 5.10 Å². The highest BCUT2D eigenvalue weighted by Crippen LogP contribution is 2.39. The second-order valence-electron chi connectivity index (χ2n) is 6.81. The number of carbonyl (C=O) groups is 2. The smallest absolute Gasteiger partial charge is 0.315 e. The highest BCUT2D eigenvalue weighted by atomic mass is 35.5. The minimum atomic E-state index is -1.09. The Morgan fingerprint density at radius 3 is 2.53 bits per heavy atom.